The fraction of sp³-hybridized carbons (Fsp3) is 0.154. The van der Waals surface area contributed by atoms with Gasteiger partial charge in [0.2, 0.25) is 11.7 Å². The molecular weight excluding hydrogens is 242 g/mol. The summed E-state index contributed by atoms with van der Waals surface area (Å²) in [5.74, 6) is 1.16. The Morgan fingerprint density at radius 3 is 3.11 bits per heavy atom. The van der Waals surface area contributed by atoms with E-state index in [4.69, 9.17) is 4.52 Å². The molecule has 0 atom stereocenters. The van der Waals surface area contributed by atoms with Crippen molar-refractivity contribution < 1.29 is 4.52 Å². The monoisotopic (exact) mass is 255 g/mol. The van der Waals surface area contributed by atoms with Gasteiger partial charge < -0.3 is 14.4 Å². The highest BCUT2D eigenvalue weighted by molar-refractivity contribution is 5.58. The first-order chi connectivity index (χ1) is 9.36. The van der Waals surface area contributed by atoms with Crippen LogP contribution in [0.15, 0.2) is 47.5 Å². The van der Waals surface area contributed by atoms with Gasteiger partial charge in [-0.3, -0.25) is 0 Å². The predicted molar refractivity (Wildman–Crippen MR) is 69.6 cm³/mol. The van der Waals surface area contributed by atoms with E-state index in [1.165, 1.54) is 0 Å². The highest BCUT2D eigenvalue weighted by atomic mass is 16.5. The molecule has 96 valence electrons. The molecule has 0 unspecified atom stereocenters. The Bertz CT molecular complexity index is 659. The zero-order chi connectivity index (χ0) is 13.1. The van der Waals surface area contributed by atoms with Gasteiger partial charge in [-0.05, 0) is 19.2 Å². The Labute approximate surface area is 110 Å². The molecule has 0 radical (unpaired) electrons. The maximum Gasteiger partial charge on any atom is 0.240 e. The molecule has 6 nitrogen and oxygen atoms in total. The van der Waals surface area contributed by atoms with Crippen LogP contribution in [-0.2, 0) is 6.54 Å². The minimum atomic E-state index is 0.564. The third-order valence-corrected chi connectivity index (χ3v) is 2.70. The molecule has 2 aromatic heterocycles. The average Bonchev–Trinajstić information content (AvgIpc) is 3.11. The van der Waals surface area contributed by atoms with Crippen LogP contribution in [0.3, 0.4) is 0 Å². The third kappa shape index (κ3) is 2.38. The number of hydrogen-bond acceptors (Lipinski definition) is 5. The maximum atomic E-state index is 5.15. The summed E-state index contributed by atoms with van der Waals surface area (Å²) in [6.45, 7) is 0.564. The molecule has 0 aliphatic rings. The Morgan fingerprint density at radius 1 is 1.37 bits per heavy atom. The van der Waals surface area contributed by atoms with E-state index < -0.39 is 0 Å². The molecule has 0 amide bonds. The first-order valence-electron chi connectivity index (χ1n) is 5.93. The van der Waals surface area contributed by atoms with E-state index in [1.807, 2.05) is 42.1 Å². The van der Waals surface area contributed by atoms with Gasteiger partial charge in [0.25, 0.3) is 0 Å². The van der Waals surface area contributed by atoms with Gasteiger partial charge in [-0.25, -0.2) is 4.98 Å². The smallest absolute Gasteiger partial charge is 0.240 e. The van der Waals surface area contributed by atoms with Gasteiger partial charge in [0, 0.05) is 23.6 Å². The first kappa shape index (κ1) is 11.6. The zero-order valence-electron chi connectivity index (χ0n) is 10.4. The normalized spacial score (nSPS) is 10.8. The van der Waals surface area contributed by atoms with Crippen LogP contribution in [0, 0.1) is 0 Å². The van der Waals surface area contributed by atoms with Crippen molar-refractivity contribution in [3.63, 3.8) is 0 Å². The number of hydrogen-bond donors (Lipinski definition) is 1. The Balaban J connectivity index is 1.94. The van der Waals surface area contributed by atoms with Crippen LogP contribution in [-0.4, -0.2) is 26.7 Å². The topological polar surface area (TPSA) is 68.8 Å². The second-order valence-electron chi connectivity index (χ2n) is 4.06. The van der Waals surface area contributed by atoms with Crippen LogP contribution < -0.4 is 5.32 Å². The standard InChI is InChI=1S/C13H13N5O/c1-14-8-12-16-13(17-19-12)10-3-2-4-11(7-10)18-6-5-15-9-18/h2-7,9,14H,8H2,1H3. The molecule has 3 aromatic rings. The van der Waals surface area contributed by atoms with E-state index in [0.29, 0.717) is 18.3 Å². The lowest BCUT2D eigenvalue weighted by molar-refractivity contribution is 0.372. The summed E-state index contributed by atoms with van der Waals surface area (Å²) in [7, 11) is 1.84. The van der Waals surface area contributed by atoms with Gasteiger partial charge >= 0.3 is 0 Å². The summed E-state index contributed by atoms with van der Waals surface area (Å²) in [5.41, 5.74) is 1.92. The van der Waals surface area contributed by atoms with Gasteiger partial charge in [-0.15, -0.1) is 0 Å². The van der Waals surface area contributed by atoms with Crippen LogP contribution in [0.5, 0.6) is 0 Å². The number of benzene rings is 1. The highest BCUT2D eigenvalue weighted by Gasteiger charge is 2.08. The lowest BCUT2D eigenvalue weighted by Crippen LogP contribution is -2.04. The second kappa shape index (κ2) is 5.03. The number of aromatic nitrogens is 4. The molecule has 2 heterocycles. The first-order valence-corrected chi connectivity index (χ1v) is 5.93. The summed E-state index contributed by atoms with van der Waals surface area (Å²) in [5, 5.41) is 6.95. The molecule has 0 aliphatic heterocycles. The van der Waals surface area contributed by atoms with E-state index in [9.17, 15) is 0 Å². The van der Waals surface area contributed by atoms with Crippen molar-refractivity contribution in [1.82, 2.24) is 25.0 Å². The summed E-state index contributed by atoms with van der Waals surface area (Å²) < 4.78 is 7.08. The van der Waals surface area contributed by atoms with E-state index in [-0.39, 0.29) is 0 Å². The quantitative estimate of drug-likeness (QED) is 0.767. The number of nitrogens with zero attached hydrogens (tertiary/aromatic N) is 4. The molecule has 0 spiro atoms. The van der Waals surface area contributed by atoms with Crippen molar-refractivity contribution in [2.75, 3.05) is 7.05 Å². The molecule has 1 N–H and O–H groups in total. The molecule has 3 rings (SSSR count). The molecule has 0 fully saturated rings. The fourth-order valence-corrected chi connectivity index (χ4v) is 1.81. The van der Waals surface area contributed by atoms with Crippen LogP contribution >= 0.6 is 0 Å². The fourth-order valence-electron chi connectivity index (χ4n) is 1.81. The number of nitrogens with one attached hydrogen (secondary N) is 1. The lowest BCUT2D eigenvalue weighted by atomic mass is 10.2. The average molecular weight is 255 g/mol. The second-order valence-corrected chi connectivity index (χ2v) is 4.06. The predicted octanol–water partition coefficient (Wildman–Crippen LogP) is 1.64. The summed E-state index contributed by atoms with van der Waals surface area (Å²) in [4.78, 5) is 8.36. The molecule has 6 heteroatoms. The van der Waals surface area contributed by atoms with Crippen LogP contribution in [0.4, 0.5) is 0 Å². The Morgan fingerprint density at radius 2 is 2.32 bits per heavy atom. The van der Waals surface area contributed by atoms with E-state index in [0.717, 1.165) is 11.3 Å². The third-order valence-electron chi connectivity index (χ3n) is 2.70. The molecule has 0 saturated carbocycles. The minimum Gasteiger partial charge on any atom is -0.338 e. The van der Waals surface area contributed by atoms with E-state index >= 15 is 0 Å². The lowest BCUT2D eigenvalue weighted by Gasteiger charge is -2.02. The van der Waals surface area contributed by atoms with Gasteiger partial charge in [0.1, 0.15) is 0 Å². The van der Waals surface area contributed by atoms with Crippen molar-refractivity contribution >= 4 is 0 Å². The summed E-state index contributed by atoms with van der Waals surface area (Å²) in [6, 6.07) is 7.91. The van der Waals surface area contributed by atoms with Gasteiger partial charge in [-0.1, -0.05) is 17.3 Å². The molecule has 19 heavy (non-hydrogen) atoms. The molecule has 1 aromatic carbocycles. The SMILES string of the molecule is CNCc1nc(-c2cccc(-n3ccnc3)c2)no1. The van der Waals surface area contributed by atoms with E-state index in [1.54, 1.807) is 12.5 Å². The number of rotatable bonds is 4. The largest absolute Gasteiger partial charge is 0.338 e. The van der Waals surface area contributed by atoms with Gasteiger partial charge in [-0.2, -0.15) is 4.98 Å². The molecule has 0 saturated heterocycles. The Kier molecular flexibility index (Phi) is 3.07. The van der Waals surface area contributed by atoms with Gasteiger partial charge in [0.15, 0.2) is 0 Å². The van der Waals surface area contributed by atoms with Crippen molar-refractivity contribution in [2.24, 2.45) is 0 Å². The van der Waals surface area contributed by atoms with Crippen molar-refractivity contribution in [3.8, 4) is 17.1 Å². The van der Waals surface area contributed by atoms with Crippen molar-refractivity contribution in [1.29, 1.82) is 0 Å². The highest BCUT2D eigenvalue weighted by Crippen LogP contribution is 2.19. The summed E-state index contributed by atoms with van der Waals surface area (Å²) in [6.07, 6.45) is 5.38. The molecule has 0 aliphatic carbocycles. The van der Waals surface area contributed by atoms with Crippen molar-refractivity contribution in [2.45, 2.75) is 6.54 Å². The molecule has 0 bridgehead atoms. The number of imidazole rings is 1. The van der Waals surface area contributed by atoms with Crippen LogP contribution in [0.1, 0.15) is 5.89 Å². The summed E-state index contributed by atoms with van der Waals surface area (Å²) >= 11 is 0. The van der Waals surface area contributed by atoms with Crippen LogP contribution in [0.2, 0.25) is 0 Å². The maximum absolute atomic E-state index is 5.15. The molecular formula is C13H13N5O. The minimum absolute atomic E-state index is 0.564. The van der Waals surface area contributed by atoms with Crippen molar-refractivity contribution in [3.05, 3.63) is 48.9 Å². The van der Waals surface area contributed by atoms with Crippen LogP contribution in [0.25, 0.3) is 17.1 Å². The zero-order valence-corrected chi connectivity index (χ0v) is 10.4. The van der Waals surface area contributed by atoms with Gasteiger partial charge in [0.05, 0.1) is 12.9 Å². The Hall–Kier alpha value is -2.47. The van der Waals surface area contributed by atoms with E-state index in [2.05, 4.69) is 20.4 Å².